The van der Waals surface area contributed by atoms with Crippen LogP contribution in [0.5, 0.6) is 0 Å². The smallest absolute Gasteiger partial charge is 0.325 e. The van der Waals surface area contributed by atoms with E-state index < -0.39 is 16.9 Å². The summed E-state index contributed by atoms with van der Waals surface area (Å²) in [5.74, 6) is 0.284. The largest absolute Gasteiger partial charge is 0.351 e. The van der Waals surface area contributed by atoms with Gasteiger partial charge in [-0.25, -0.2) is 17.9 Å². The molecule has 0 unspecified atom stereocenters. The van der Waals surface area contributed by atoms with Crippen LogP contribution in [-0.2, 0) is 10.9 Å². The number of carbonyl (C=O) groups is 2. The Morgan fingerprint density at radius 1 is 1.05 bits per heavy atom. The van der Waals surface area contributed by atoms with E-state index in [0.29, 0.717) is 6.42 Å². The van der Waals surface area contributed by atoms with Crippen molar-refractivity contribution in [3.8, 4) is 0 Å². The maximum atomic E-state index is 11.7. The van der Waals surface area contributed by atoms with Gasteiger partial charge in [-0.2, -0.15) is 0 Å². The molecule has 0 aliphatic carbocycles. The number of rotatable bonds is 8. The van der Waals surface area contributed by atoms with Gasteiger partial charge in [-0.1, -0.05) is 62.9 Å². The molecule has 2 amide bonds. The van der Waals surface area contributed by atoms with E-state index in [1.165, 1.54) is 30.4 Å². The molecule has 3 N–H and O–H groups in total. The fourth-order valence-corrected chi connectivity index (χ4v) is 1.93. The third-order valence-electron chi connectivity index (χ3n) is 2.80. The number of nitrogens with one attached hydrogen (secondary N) is 1. The molecule has 0 saturated heterocycles. The summed E-state index contributed by atoms with van der Waals surface area (Å²) in [4.78, 5) is 21.2. The number of nitrogens with two attached hydrogens (primary N) is 1. The summed E-state index contributed by atoms with van der Waals surface area (Å²) in [6.45, 7) is 2.20. The highest BCUT2D eigenvalue weighted by Gasteiger charge is 2.03. The normalized spacial score (nSPS) is 9.73. The van der Waals surface area contributed by atoms with E-state index >= 15 is 0 Å². The Hall–Kier alpha value is -1.89. The molecule has 0 saturated carbocycles. The molecular weight excluding hydrogens is 304 g/mol. The first-order chi connectivity index (χ1) is 10.5. The molecule has 0 atom stereocenters. The minimum Gasteiger partial charge on any atom is -0.351 e. The Balaban J connectivity index is 0.000000534. The van der Waals surface area contributed by atoms with Crippen LogP contribution in [0.4, 0.5) is 4.79 Å². The summed E-state index contributed by atoms with van der Waals surface area (Å²) < 4.78 is 20.3. The molecule has 6 nitrogen and oxygen atoms in total. The topological polar surface area (TPSA) is 106 Å². The van der Waals surface area contributed by atoms with Crippen LogP contribution in [-0.4, -0.2) is 20.2 Å². The fourth-order valence-electron chi connectivity index (χ4n) is 1.75. The average molecular weight is 328 g/mol. The van der Waals surface area contributed by atoms with Crippen LogP contribution in [0.25, 0.3) is 0 Å². The van der Waals surface area contributed by atoms with Crippen LogP contribution in [0.1, 0.15) is 55.8 Å². The monoisotopic (exact) mass is 328 g/mol. The van der Waals surface area contributed by atoms with Gasteiger partial charge in [0.15, 0.2) is 5.78 Å². The van der Waals surface area contributed by atoms with Gasteiger partial charge in [-0.3, -0.25) is 4.79 Å². The molecule has 124 valence electrons. The Kier molecular flexibility index (Phi) is 11.7. The minimum absolute atomic E-state index is 0.284. The molecule has 1 aromatic rings. The third kappa shape index (κ3) is 11.9. The van der Waals surface area contributed by atoms with Crippen molar-refractivity contribution in [2.24, 2.45) is 5.73 Å². The van der Waals surface area contributed by atoms with E-state index in [-0.39, 0.29) is 5.78 Å². The Morgan fingerprint density at radius 2 is 1.64 bits per heavy atom. The van der Waals surface area contributed by atoms with Gasteiger partial charge in [-0.05, 0) is 6.42 Å². The second-order valence-corrected chi connectivity index (χ2v) is 5.42. The first-order valence-electron chi connectivity index (χ1n) is 7.26. The number of carbonyl (C=O) groups excluding carboxylic acids is 2. The molecule has 0 aliphatic heterocycles. The second-order valence-electron chi connectivity index (χ2n) is 4.69. The number of urea groups is 1. The number of thiol groups is 1. The number of Topliss-reactive ketones (excluding diaryl/α,β-unsaturated/α-hetero) is 1. The summed E-state index contributed by atoms with van der Waals surface area (Å²) >= 11 is 0. The Morgan fingerprint density at radius 3 is 2.09 bits per heavy atom. The summed E-state index contributed by atoms with van der Waals surface area (Å²) in [6, 6.07) is 8.52. The van der Waals surface area contributed by atoms with E-state index in [1.807, 2.05) is 30.3 Å². The number of hydrogen-bond donors (Lipinski definition) is 3. The maximum absolute atomic E-state index is 11.7. The van der Waals surface area contributed by atoms with E-state index in [9.17, 15) is 18.0 Å². The second kappa shape index (κ2) is 12.8. The number of benzene rings is 1. The first-order valence-corrected chi connectivity index (χ1v) is 8.43. The highest BCUT2D eigenvalue weighted by atomic mass is 32.2. The predicted molar refractivity (Wildman–Crippen MR) is 87.2 cm³/mol. The Labute approximate surface area is 133 Å². The first kappa shape index (κ1) is 20.1. The Bertz CT molecular complexity index is 508. The maximum Gasteiger partial charge on any atom is 0.325 e. The average Bonchev–Trinajstić information content (AvgIpc) is 2.47. The number of hydrogen-bond acceptors (Lipinski definition) is 4. The highest BCUT2D eigenvalue weighted by molar-refractivity contribution is 7.70. The standard InChI is InChI=1S/C14H20O.CH4N2O3S/c1-2-3-4-5-9-12-14(15)13-10-7-6-8-11-13;2-1(4)3-7(5)6/h6-8,10-11H,2-5,9,12H2,1H3;7H,(H3,2,3,4,5,6). The summed E-state index contributed by atoms with van der Waals surface area (Å²) in [7, 11) is -2.86. The van der Waals surface area contributed by atoms with Gasteiger partial charge in [0.2, 0.25) is 10.9 Å². The zero-order valence-corrected chi connectivity index (χ0v) is 13.7. The lowest BCUT2D eigenvalue weighted by atomic mass is 10.0. The molecule has 1 rings (SSSR count). The molecule has 7 heteroatoms. The van der Waals surface area contributed by atoms with Gasteiger partial charge in [0.1, 0.15) is 0 Å². The van der Waals surface area contributed by atoms with Crippen LogP contribution in [0.2, 0.25) is 0 Å². The molecule has 22 heavy (non-hydrogen) atoms. The van der Waals surface area contributed by atoms with E-state index in [0.717, 1.165) is 12.0 Å². The van der Waals surface area contributed by atoms with Gasteiger partial charge < -0.3 is 5.73 Å². The molecule has 0 fully saturated rings. The predicted octanol–water partition coefficient (Wildman–Crippen LogP) is 2.41. The molecule has 0 bridgehead atoms. The van der Waals surface area contributed by atoms with Gasteiger partial charge in [0.25, 0.3) is 0 Å². The van der Waals surface area contributed by atoms with Gasteiger partial charge in [0.05, 0.1) is 0 Å². The van der Waals surface area contributed by atoms with Crippen molar-refractivity contribution >= 4 is 22.7 Å². The summed E-state index contributed by atoms with van der Waals surface area (Å²) in [5.41, 5.74) is 5.21. The van der Waals surface area contributed by atoms with E-state index in [1.54, 1.807) is 0 Å². The molecule has 0 spiro atoms. The van der Waals surface area contributed by atoms with Crippen molar-refractivity contribution in [2.45, 2.75) is 45.4 Å². The quantitative estimate of drug-likeness (QED) is 0.387. The van der Waals surface area contributed by atoms with Crippen molar-refractivity contribution in [3.05, 3.63) is 35.9 Å². The molecule has 0 aliphatic rings. The molecule has 0 heterocycles. The van der Waals surface area contributed by atoms with E-state index in [4.69, 9.17) is 0 Å². The fraction of sp³-hybridized carbons (Fsp3) is 0.467. The van der Waals surface area contributed by atoms with Crippen LogP contribution in [0.3, 0.4) is 0 Å². The zero-order chi connectivity index (χ0) is 16.8. The van der Waals surface area contributed by atoms with Gasteiger partial charge >= 0.3 is 6.03 Å². The number of unbranched alkanes of at least 4 members (excludes halogenated alkanes) is 4. The lowest BCUT2D eigenvalue weighted by molar-refractivity contribution is 0.0979. The van der Waals surface area contributed by atoms with Crippen molar-refractivity contribution in [3.63, 3.8) is 0 Å². The lowest BCUT2D eigenvalue weighted by Gasteiger charge is -2.00. The highest BCUT2D eigenvalue weighted by Crippen LogP contribution is 2.09. The minimum atomic E-state index is -2.86. The molecular formula is C15H24N2O4S. The van der Waals surface area contributed by atoms with Crippen LogP contribution in [0.15, 0.2) is 30.3 Å². The SMILES string of the molecule is CCCCCCCC(=O)c1ccccc1.NC(=O)N[SH](=O)=O. The summed E-state index contributed by atoms with van der Waals surface area (Å²) in [6.07, 6.45) is 6.73. The van der Waals surface area contributed by atoms with Crippen LogP contribution < -0.4 is 10.5 Å². The van der Waals surface area contributed by atoms with Crippen molar-refractivity contribution < 1.29 is 18.0 Å². The number of ketones is 1. The lowest BCUT2D eigenvalue weighted by Crippen LogP contribution is -2.27. The van der Waals surface area contributed by atoms with Crippen molar-refractivity contribution in [1.82, 2.24) is 4.72 Å². The molecule has 1 aromatic carbocycles. The molecule has 0 aromatic heterocycles. The van der Waals surface area contributed by atoms with Crippen molar-refractivity contribution in [1.29, 1.82) is 0 Å². The van der Waals surface area contributed by atoms with Crippen molar-refractivity contribution in [2.75, 3.05) is 0 Å². The zero-order valence-electron chi connectivity index (χ0n) is 12.8. The number of amides is 2. The summed E-state index contributed by atoms with van der Waals surface area (Å²) in [5, 5.41) is 0. The third-order valence-corrected chi connectivity index (χ3v) is 3.21. The number of primary amides is 1. The molecule has 0 radical (unpaired) electrons. The van der Waals surface area contributed by atoms with Gasteiger partial charge in [0, 0.05) is 12.0 Å². The van der Waals surface area contributed by atoms with E-state index in [2.05, 4.69) is 12.7 Å². The van der Waals surface area contributed by atoms with Crippen LogP contribution in [0, 0.1) is 0 Å². The van der Waals surface area contributed by atoms with Crippen LogP contribution >= 0.6 is 0 Å². The van der Waals surface area contributed by atoms with Gasteiger partial charge in [-0.15, -0.1) is 0 Å².